The summed E-state index contributed by atoms with van der Waals surface area (Å²) < 4.78 is 10.5. The molecule has 0 fully saturated rings. The molecule has 0 unspecified atom stereocenters. The first-order valence-corrected chi connectivity index (χ1v) is 8.81. The third kappa shape index (κ3) is 6.58. The van der Waals surface area contributed by atoms with Gasteiger partial charge in [0.1, 0.15) is 5.75 Å². The van der Waals surface area contributed by atoms with Gasteiger partial charge >= 0.3 is 5.97 Å². The number of Topliss-reactive ketones (excluding diaryl/α,β-unsaturated/α-hetero) is 1. The summed E-state index contributed by atoms with van der Waals surface area (Å²) in [6.07, 6.45) is -1.03. The number of carbonyl (C=O) groups is 3. The van der Waals surface area contributed by atoms with Crippen molar-refractivity contribution >= 4 is 23.3 Å². The van der Waals surface area contributed by atoms with Crippen molar-refractivity contribution in [3.63, 3.8) is 0 Å². The minimum absolute atomic E-state index is 0.0295. The van der Waals surface area contributed by atoms with Gasteiger partial charge in [-0.2, -0.15) is 0 Å². The molecule has 6 nitrogen and oxygen atoms in total. The number of ketones is 1. The summed E-state index contributed by atoms with van der Waals surface area (Å²) in [5.41, 5.74) is 1.09. The number of nitrogens with one attached hydrogen (secondary N) is 1. The van der Waals surface area contributed by atoms with E-state index in [1.165, 1.54) is 6.92 Å². The molecule has 6 heteroatoms. The molecule has 2 aromatic carbocycles. The first kappa shape index (κ1) is 20.2. The lowest BCUT2D eigenvalue weighted by atomic mass is 10.1. The Morgan fingerprint density at radius 2 is 1.63 bits per heavy atom. The molecular weight excluding hydrogens is 346 g/mol. The SMILES string of the molecule is CCOc1ccc(NC(=O)CCC(=O)O[C@@H](C)C(=O)c2ccccc2)cc1. The highest BCUT2D eigenvalue weighted by atomic mass is 16.5. The fourth-order valence-corrected chi connectivity index (χ4v) is 2.39. The van der Waals surface area contributed by atoms with E-state index in [4.69, 9.17) is 9.47 Å². The minimum Gasteiger partial charge on any atom is -0.494 e. The molecule has 0 radical (unpaired) electrons. The zero-order chi connectivity index (χ0) is 19.6. The van der Waals surface area contributed by atoms with E-state index in [0.717, 1.165) is 5.75 Å². The lowest BCUT2D eigenvalue weighted by molar-refractivity contribution is -0.147. The maximum atomic E-state index is 12.2. The standard InChI is InChI=1S/C21H23NO5/c1-3-26-18-11-9-17(10-12-18)22-19(23)13-14-20(24)27-15(2)21(25)16-7-5-4-6-8-16/h4-12,15H,3,13-14H2,1-2H3,(H,22,23)/t15-/m0/s1. The Morgan fingerprint density at radius 3 is 2.26 bits per heavy atom. The molecule has 2 aromatic rings. The molecule has 0 aliphatic heterocycles. The fourth-order valence-electron chi connectivity index (χ4n) is 2.39. The maximum Gasteiger partial charge on any atom is 0.307 e. The number of esters is 1. The van der Waals surface area contributed by atoms with Crippen molar-refractivity contribution in [2.24, 2.45) is 0 Å². The summed E-state index contributed by atoms with van der Waals surface area (Å²) in [6.45, 7) is 3.98. The predicted octanol–water partition coefficient (Wildman–Crippen LogP) is 3.62. The van der Waals surface area contributed by atoms with Gasteiger partial charge in [-0.3, -0.25) is 14.4 Å². The van der Waals surface area contributed by atoms with Crippen LogP contribution in [0.5, 0.6) is 5.75 Å². The maximum absolute atomic E-state index is 12.2. The van der Waals surface area contributed by atoms with Crippen LogP contribution in [0.3, 0.4) is 0 Å². The van der Waals surface area contributed by atoms with Gasteiger partial charge < -0.3 is 14.8 Å². The molecule has 0 saturated heterocycles. The first-order chi connectivity index (χ1) is 13.0. The van der Waals surface area contributed by atoms with Crippen molar-refractivity contribution < 1.29 is 23.9 Å². The van der Waals surface area contributed by atoms with Crippen LogP contribution in [-0.2, 0) is 14.3 Å². The summed E-state index contributed by atoms with van der Waals surface area (Å²) in [7, 11) is 0. The van der Waals surface area contributed by atoms with Gasteiger partial charge in [0.25, 0.3) is 0 Å². The van der Waals surface area contributed by atoms with E-state index in [0.29, 0.717) is 17.9 Å². The number of hydrogen-bond acceptors (Lipinski definition) is 5. The Balaban J connectivity index is 1.75. The van der Waals surface area contributed by atoms with Crippen molar-refractivity contribution in [2.45, 2.75) is 32.8 Å². The van der Waals surface area contributed by atoms with Crippen LogP contribution in [0.4, 0.5) is 5.69 Å². The second kappa shape index (κ2) is 10.1. The zero-order valence-corrected chi connectivity index (χ0v) is 15.4. The molecule has 1 atom stereocenters. The molecule has 0 saturated carbocycles. The van der Waals surface area contributed by atoms with Gasteiger partial charge in [0, 0.05) is 17.7 Å². The zero-order valence-electron chi connectivity index (χ0n) is 15.4. The van der Waals surface area contributed by atoms with Gasteiger partial charge in [-0.05, 0) is 38.1 Å². The van der Waals surface area contributed by atoms with E-state index in [9.17, 15) is 14.4 Å². The third-order valence-electron chi connectivity index (χ3n) is 3.74. The topological polar surface area (TPSA) is 81.7 Å². The Bertz CT molecular complexity index is 771. The number of hydrogen-bond donors (Lipinski definition) is 1. The van der Waals surface area contributed by atoms with E-state index in [2.05, 4.69) is 5.32 Å². The molecule has 0 aromatic heterocycles. The molecule has 0 heterocycles. The molecule has 142 valence electrons. The number of anilines is 1. The Hall–Kier alpha value is -3.15. The summed E-state index contributed by atoms with van der Waals surface area (Å²) in [5, 5.41) is 2.70. The monoisotopic (exact) mass is 369 g/mol. The average Bonchev–Trinajstić information content (AvgIpc) is 2.68. The number of carbonyl (C=O) groups excluding carboxylic acids is 3. The average molecular weight is 369 g/mol. The quantitative estimate of drug-likeness (QED) is 0.539. The van der Waals surface area contributed by atoms with Gasteiger partial charge in [-0.25, -0.2) is 0 Å². The molecule has 1 N–H and O–H groups in total. The van der Waals surface area contributed by atoms with E-state index in [1.807, 2.05) is 6.92 Å². The van der Waals surface area contributed by atoms with E-state index in [1.54, 1.807) is 54.6 Å². The molecule has 27 heavy (non-hydrogen) atoms. The van der Waals surface area contributed by atoms with Gasteiger partial charge in [0.05, 0.1) is 13.0 Å². The van der Waals surface area contributed by atoms with Crippen LogP contribution in [0.25, 0.3) is 0 Å². The summed E-state index contributed by atoms with van der Waals surface area (Å²) in [6, 6.07) is 15.6. The van der Waals surface area contributed by atoms with Crippen LogP contribution in [-0.4, -0.2) is 30.4 Å². The third-order valence-corrected chi connectivity index (χ3v) is 3.74. The molecule has 0 aliphatic rings. The van der Waals surface area contributed by atoms with Crippen LogP contribution in [0, 0.1) is 0 Å². The molecule has 1 amide bonds. The fraction of sp³-hybridized carbons (Fsp3) is 0.286. The minimum atomic E-state index is -0.894. The second-order valence-electron chi connectivity index (χ2n) is 5.87. The van der Waals surface area contributed by atoms with Gasteiger partial charge in [0.2, 0.25) is 11.7 Å². The van der Waals surface area contributed by atoms with Crippen LogP contribution in [0.2, 0.25) is 0 Å². The molecular formula is C21H23NO5. The number of ether oxygens (including phenoxy) is 2. The van der Waals surface area contributed by atoms with Crippen molar-refractivity contribution in [3.05, 3.63) is 60.2 Å². The van der Waals surface area contributed by atoms with Gasteiger partial charge in [0.15, 0.2) is 6.10 Å². The lowest BCUT2D eigenvalue weighted by Gasteiger charge is -2.12. The van der Waals surface area contributed by atoms with Crippen molar-refractivity contribution in [3.8, 4) is 5.75 Å². The number of amides is 1. The van der Waals surface area contributed by atoms with Crippen molar-refractivity contribution in [2.75, 3.05) is 11.9 Å². The Kier molecular flexibility index (Phi) is 7.55. The summed E-state index contributed by atoms with van der Waals surface area (Å²) in [5.74, 6) is -0.453. The summed E-state index contributed by atoms with van der Waals surface area (Å²) >= 11 is 0. The van der Waals surface area contributed by atoms with E-state index in [-0.39, 0.29) is 24.5 Å². The molecule has 0 spiro atoms. The highest BCUT2D eigenvalue weighted by Gasteiger charge is 2.19. The molecule has 0 aliphatic carbocycles. The van der Waals surface area contributed by atoms with Crippen LogP contribution in [0.15, 0.2) is 54.6 Å². The highest BCUT2D eigenvalue weighted by molar-refractivity contribution is 6.00. The van der Waals surface area contributed by atoms with Crippen LogP contribution >= 0.6 is 0 Å². The van der Waals surface area contributed by atoms with Crippen LogP contribution < -0.4 is 10.1 Å². The van der Waals surface area contributed by atoms with Crippen LogP contribution in [0.1, 0.15) is 37.0 Å². The van der Waals surface area contributed by atoms with Crippen molar-refractivity contribution in [1.82, 2.24) is 0 Å². The molecule has 2 rings (SSSR count). The Morgan fingerprint density at radius 1 is 0.963 bits per heavy atom. The normalized spacial score (nSPS) is 11.3. The number of benzene rings is 2. The predicted molar refractivity (Wildman–Crippen MR) is 102 cm³/mol. The summed E-state index contributed by atoms with van der Waals surface area (Å²) in [4.78, 5) is 36.0. The lowest BCUT2D eigenvalue weighted by Crippen LogP contribution is -2.25. The number of rotatable bonds is 9. The highest BCUT2D eigenvalue weighted by Crippen LogP contribution is 2.16. The van der Waals surface area contributed by atoms with Gasteiger partial charge in [-0.15, -0.1) is 0 Å². The van der Waals surface area contributed by atoms with Gasteiger partial charge in [-0.1, -0.05) is 30.3 Å². The Labute approximate surface area is 158 Å². The van der Waals surface area contributed by atoms with E-state index < -0.39 is 12.1 Å². The molecule has 0 bridgehead atoms. The van der Waals surface area contributed by atoms with E-state index >= 15 is 0 Å². The smallest absolute Gasteiger partial charge is 0.307 e. The van der Waals surface area contributed by atoms with Crippen molar-refractivity contribution in [1.29, 1.82) is 0 Å². The second-order valence-corrected chi connectivity index (χ2v) is 5.87. The largest absolute Gasteiger partial charge is 0.494 e. The first-order valence-electron chi connectivity index (χ1n) is 8.81.